The molecule has 0 aliphatic rings. The predicted molar refractivity (Wildman–Crippen MR) is 409 cm³/mol. The van der Waals surface area contributed by atoms with Crippen LogP contribution >= 0.6 is 25.3 Å². The number of carbonyl (C=O) groups excluding carboxylic acids is 14. The summed E-state index contributed by atoms with van der Waals surface area (Å²) in [5.41, 5.74) is 13.9. The first-order valence-electron chi connectivity index (χ1n) is 35.2. The molecule has 7 rings (SSSR count). The first-order chi connectivity index (χ1) is 53.3. The van der Waals surface area contributed by atoms with E-state index in [9.17, 15) is 82.8 Å². The maximum Gasteiger partial charge on any atom is 0.303 e. The molecule has 39 heteroatoms. The van der Waals surface area contributed by atoms with Gasteiger partial charge in [-0.1, -0.05) is 60.7 Å². The first kappa shape index (κ1) is 86.7. The molecule has 7 aromatic rings. The maximum atomic E-state index is 15.2. The lowest BCUT2D eigenvalue weighted by atomic mass is 10.0. The van der Waals surface area contributed by atoms with E-state index in [4.69, 9.17) is 11.5 Å². The molecule has 23 N–H and O–H groups in total. The standard InChI is InChI=1S/C73H90N18O19S2/c1-36(81-71(108)57(33-111)82-38(3)93)63(100)91-62(37(2)92)73(110)89-55(27-42-30-78-49-11-7-5-9-47(42)49)68(105)83-50(20-22-59(74)96)66(103)90-58(34-112)72(109)86-53(25-40-14-18-45(95)19-15-40)67(104)87-54(26-41-29-77-48-10-6-4-8-46(41)48)69(106)88-56(28-43-31-76-35-80-43)70(107)84-51(21-23-61(98)99)65(102)85-52(64(101)79-32-60(75)97)24-39-12-16-44(94)17-13-39/h4-19,29-31,35-37,50-58,62,77-78,92,94-95,111-112H,20-28,32-34H2,1-3H3,(H2,74,96)(H2,75,97)(H,76,80)(H,79,101)(H,81,108)(H,82,93)(H,83,105)(H,84,107)(H,85,102)(H,86,109)(H,87,104)(H,88,106)(H,89,110)(H,90,103)(H,91,100)(H,98,99)/t36-,37+,50-,51-,52-,53-,54-,55-,56-,57-,58-,62-/m0/s1. The number of phenols is 2. The number of nitrogens with two attached hydrogens (primary N) is 2. The summed E-state index contributed by atoms with van der Waals surface area (Å²) < 4.78 is 0. The van der Waals surface area contributed by atoms with Crippen LogP contribution in [0.15, 0.2) is 122 Å². The SMILES string of the molecule is CC(=O)N[C@@H](CS)C(=O)N[C@@H](C)C(=O)N[C@H](C(=O)N[C@@H](Cc1c[nH]c2ccccc12)C(=O)N[C@@H](CCC(N)=O)C(=O)N[C@@H](CS)C(=O)N[C@@H](Cc1ccc(O)cc1)C(=O)N[C@@H](Cc1c[nH]c2ccccc12)C(=O)N[C@@H](Cc1cnc[nH]1)C(=O)N[C@@H](CCC(=O)O)C(=O)N[C@@H](Cc1ccc(O)cc1)C(=O)NCC(N)=O)[C@@H](C)O. The smallest absolute Gasteiger partial charge is 0.303 e. The second-order valence-corrected chi connectivity index (χ2v) is 27.1. The number of phenolic OH excluding ortho intramolecular Hbond substituents is 2. The first-order valence-corrected chi connectivity index (χ1v) is 36.5. The number of nitrogens with one attached hydrogen (secondary N) is 15. The number of amides is 14. The van der Waals surface area contributed by atoms with E-state index >= 15 is 9.59 Å². The van der Waals surface area contributed by atoms with Crippen molar-refractivity contribution in [2.45, 2.75) is 151 Å². The molecule has 0 saturated heterocycles. The number of aliphatic hydroxyl groups excluding tert-OH is 1. The van der Waals surface area contributed by atoms with Crippen molar-refractivity contribution in [2.24, 2.45) is 11.5 Å². The number of aliphatic hydroxyl groups is 1. The summed E-state index contributed by atoms with van der Waals surface area (Å²) in [5, 5.41) is 72.0. The van der Waals surface area contributed by atoms with Gasteiger partial charge in [0.25, 0.3) is 0 Å². The van der Waals surface area contributed by atoms with Gasteiger partial charge in [-0.3, -0.25) is 71.9 Å². The van der Waals surface area contributed by atoms with Crippen LogP contribution in [0, 0.1) is 0 Å². The molecule has 0 aliphatic carbocycles. The van der Waals surface area contributed by atoms with Crippen molar-refractivity contribution in [2.75, 3.05) is 18.1 Å². The number of H-pyrrole nitrogens is 3. The van der Waals surface area contributed by atoms with Gasteiger partial charge in [-0.05, 0) is 85.3 Å². The van der Waals surface area contributed by atoms with E-state index < -0.39 is 199 Å². The van der Waals surface area contributed by atoms with Gasteiger partial charge in [-0.15, -0.1) is 0 Å². The second-order valence-electron chi connectivity index (χ2n) is 26.3. The lowest BCUT2D eigenvalue weighted by Crippen LogP contribution is -2.62. The van der Waals surface area contributed by atoms with Crippen LogP contribution in [0.5, 0.6) is 11.5 Å². The summed E-state index contributed by atoms with van der Waals surface area (Å²) in [6.07, 6.45) is 0.0275. The van der Waals surface area contributed by atoms with Gasteiger partial charge in [0.15, 0.2) is 0 Å². The summed E-state index contributed by atoms with van der Waals surface area (Å²) in [5.74, 6) is -16.1. The van der Waals surface area contributed by atoms with Gasteiger partial charge >= 0.3 is 5.97 Å². The predicted octanol–water partition coefficient (Wildman–Crippen LogP) is -3.36. The third kappa shape index (κ3) is 26.4. The van der Waals surface area contributed by atoms with E-state index in [2.05, 4.69) is 109 Å². The number of para-hydroxylation sites is 2. The summed E-state index contributed by atoms with van der Waals surface area (Å²) in [6, 6.07) is 7.05. The van der Waals surface area contributed by atoms with Crippen molar-refractivity contribution in [3.05, 3.63) is 150 Å². The van der Waals surface area contributed by atoms with E-state index in [1.807, 2.05) is 0 Å². The molecule has 0 spiro atoms. The number of thiol groups is 2. The highest BCUT2D eigenvalue weighted by Gasteiger charge is 2.38. The number of aromatic amines is 3. The number of hydrogen-bond acceptors (Lipinski definition) is 21. The van der Waals surface area contributed by atoms with Crippen LogP contribution in [0.2, 0.25) is 0 Å². The quantitative estimate of drug-likeness (QED) is 0.0166. The Labute approximate surface area is 650 Å². The van der Waals surface area contributed by atoms with Crippen LogP contribution in [0.4, 0.5) is 0 Å². The Balaban J connectivity index is 1.16. The summed E-state index contributed by atoms with van der Waals surface area (Å²) in [7, 11) is 0. The van der Waals surface area contributed by atoms with Crippen LogP contribution in [0.1, 0.15) is 74.4 Å². The van der Waals surface area contributed by atoms with E-state index in [-0.39, 0.29) is 55.0 Å². The number of carbonyl (C=O) groups is 15. The molecule has 0 aliphatic heterocycles. The zero-order valence-corrected chi connectivity index (χ0v) is 62.7. The molecule has 112 heavy (non-hydrogen) atoms. The molecule has 0 bridgehead atoms. The van der Waals surface area contributed by atoms with Gasteiger partial charge in [0.2, 0.25) is 82.7 Å². The number of nitrogens with zero attached hydrogens (tertiary/aromatic N) is 1. The van der Waals surface area contributed by atoms with E-state index in [0.717, 1.165) is 6.92 Å². The highest BCUT2D eigenvalue weighted by molar-refractivity contribution is 7.80. The molecule has 0 saturated carbocycles. The maximum absolute atomic E-state index is 15.2. The summed E-state index contributed by atoms with van der Waals surface area (Å²) >= 11 is 8.45. The Hall–Kier alpha value is -12.5. The minimum atomic E-state index is -1.80. The highest BCUT2D eigenvalue weighted by atomic mass is 32.1. The Morgan fingerprint density at radius 2 is 0.830 bits per heavy atom. The third-order valence-electron chi connectivity index (χ3n) is 17.6. The fraction of sp³-hybridized carbons (Fsp3) is 0.370. The average molecular weight is 1590 g/mol. The molecule has 0 fully saturated rings. The van der Waals surface area contributed by atoms with Crippen molar-refractivity contribution in [3.8, 4) is 11.5 Å². The molecule has 4 aromatic carbocycles. The van der Waals surface area contributed by atoms with Crippen LogP contribution in [-0.4, -0.2) is 220 Å². The number of imidazole rings is 1. The number of carboxylic acid groups (broad SMARTS) is 1. The zero-order valence-electron chi connectivity index (χ0n) is 60.9. The highest BCUT2D eigenvalue weighted by Crippen LogP contribution is 2.23. The third-order valence-corrected chi connectivity index (χ3v) is 18.4. The number of rotatable bonds is 43. The van der Waals surface area contributed by atoms with Crippen molar-refractivity contribution in [3.63, 3.8) is 0 Å². The lowest BCUT2D eigenvalue weighted by Gasteiger charge is -2.28. The molecule has 3 aromatic heterocycles. The summed E-state index contributed by atoms with van der Waals surface area (Å²) in [4.78, 5) is 219. The van der Waals surface area contributed by atoms with Crippen LogP contribution in [0.3, 0.4) is 0 Å². The Morgan fingerprint density at radius 3 is 1.26 bits per heavy atom. The summed E-state index contributed by atoms with van der Waals surface area (Å²) in [6.45, 7) is 2.95. The van der Waals surface area contributed by atoms with E-state index in [1.165, 1.54) is 74.9 Å². The molecule has 598 valence electrons. The fourth-order valence-electron chi connectivity index (χ4n) is 11.7. The van der Waals surface area contributed by atoms with Gasteiger partial charge < -0.3 is 111 Å². The van der Waals surface area contributed by atoms with Crippen LogP contribution < -0.4 is 75.3 Å². The largest absolute Gasteiger partial charge is 0.508 e. The number of benzene rings is 4. The van der Waals surface area contributed by atoms with Crippen molar-refractivity contribution in [1.82, 2.24) is 83.7 Å². The van der Waals surface area contributed by atoms with E-state index in [1.54, 1.807) is 60.9 Å². The fourth-order valence-corrected chi connectivity index (χ4v) is 12.2. The average Bonchev–Trinajstić information content (AvgIpc) is 1.64. The Morgan fingerprint density at radius 1 is 0.438 bits per heavy atom. The van der Waals surface area contributed by atoms with Crippen LogP contribution in [-0.2, 0) is 104 Å². The van der Waals surface area contributed by atoms with Gasteiger partial charge in [0.1, 0.15) is 78.0 Å². The molecular weight excluding hydrogens is 1500 g/mol. The lowest BCUT2D eigenvalue weighted by molar-refractivity contribution is -0.138. The number of hydrogen-bond donors (Lipinski definition) is 23. The minimum absolute atomic E-state index is 0.120. The molecule has 3 heterocycles. The van der Waals surface area contributed by atoms with Gasteiger partial charge in [-0.2, -0.15) is 25.3 Å². The topological polar surface area (TPSA) is 594 Å². The number of aliphatic carboxylic acids is 1. The number of fused-ring (bicyclic) bond motifs is 2. The Bertz CT molecular complexity index is 4520. The monoisotopic (exact) mass is 1590 g/mol. The van der Waals surface area contributed by atoms with Crippen molar-refractivity contribution < 1.29 is 92.3 Å². The number of aromatic hydroxyl groups is 2. The number of aromatic nitrogens is 4. The minimum Gasteiger partial charge on any atom is -0.508 e. The van der Waals surface area contributed by atoms with Gasteiger partial charge in [-0.25, -0.2) is 4.98 Å². The van der Waals surface area contributed by atoms with E-state index in [0.29, 0.717) is 44.1 Å². The molecular formula is C73H90N18O19S2. The Kier molecular flexibility index (Phi) is 32.4. The normalized spacial score (nSPS) is 14.3. The molecule has 14 amide bonds. The van der Waals surface area contributed by atoms with Gasteiger partial charge in [0.05, 0.1) is 19.0 Å². The second kappa shape index (κ2) is 41.9. The molecule has 37 nitrogen and oxygen atoms in total. The zero-order chi connectivity index (χ0) is 81.9. The van der Waals surface area contributed by atoms with Crippen molar-refractivity contribution >= 4 is 136 Å². The van der Waals surface area contributed by atoms with Gasteiger partial charge in [0, 0.05) is 109 Å². The van der Waals surface area contributed by atoms with Crippen molar-refractivity contribution in [1.29, 1.82) is 0 Å². The molecule has 0 radical (unpaired) electrons. The number of primary amides is 2. The number of carboxylic acids is 1. The molecule has 0 unspecified atom stereocenters. The van der Waals surface area contributed by atoms with Crippen LogP contribution in [0.25, 0.3) is 21.8 Å². The molecule has 12 atom stereocenters.